The zero-order valence-corrected chi connectivity index (χ0v) is 10.2. The highest BCUT2D eigenvalue weighted by molar-refractivity contribution is 7.89. The number of sulfonamides is 1. The molecule has 0 aromatic heterocycles. The quantitative estimate of drug-likeness (QED) is 0.605. The molecule has 0 aromatic rings. The molecular formula is C9H18N2O4S. The molecule has 0 saturated heterocycles. The van der Waals surface area contributed by atoms with Crippen LogP contribution in [0, 0.1) is 0 Å². The fourth-order valence-corrected chi connectivity index (χ4v) is 2.36. The average Bonchev–Trinajstić information content (AvgIpc) is 2.97. The molecule has 6 nitrogen and oxygen atoms in total. The summed E-state index contributed by atoms with van der Waals surface area (Å²) in [5.74, 6) is -1.45. The number of rotatable bonds is 8. The molecule has 0 spiro atoms. The van der Waals surface area contributed by atoms with Gasteiger partial charge in [-0.05, 0) is 19.9 Å². The third kappa shape index (κ3) is 5.43. The first-order valence-corrected chi connectivity index (χ1v) is 6.95. The van der Waals surface area contributed by atoms with Crippen LogP contribution >= 0.6 is 0 Å². The van der Waals surface area contributed by atoms with E-state index in [0.29, 0.717) is 19.1 Å². The summed E-state index contributed by atoms with van der Waals surface area (Å²) in [6.07, 6.45) is 2.01. The second kappa shape index (κ2) is 5.60. The first kappa shape index (κ1) is 13.4. The first-order valence-electron chi connectivity index (χ1n) is 5.30. The van der Waals surface area contributed by atoms with Crippen molar-refractivity contribution < 1.29 is 18.3 Å². The van der Waals surface area contributed by atoms with Gasteiger partial charge >= 0.3 is 5.97 Å². The van der Waals surface area contributed by atoms with Gasteiger partial charge in [0.05, 0.1) is 12.2 Å². The molecule has 94 valence electrons. The average molecular weight is 250 g/mol. The number of nitrogens with zero attached hydrogens (tertiary/aromatic N) is 1. The summed E-state index contributed by atoms with van der Waals surface area (Å²) in [5.41, 5.74) is 0. The minimum absolute atomic E-state index is 0.342. The highest BCUT2D eigenvalue weighted by atomic mass is 32.2. The molecule has 0 heterocycles. The Hall–Kier alpha value is -0.660. The van der Waals surface area contributed by atoms with Gasteiger partial charge in [-0.2, -0.15) is 0 Å². The molecule has 1 saturated carbocycles. The molecule has 1 fully saturated rings. The molecule has 0 radical (unpaired) electrons. The van der Waals surface area contributed by atoms with Crippen molar-refractivity contribution in [1.29, 1.82) is 0 Å². The van der Waals surface area contributed by atoms with Gasteiger partial charge < -0.3 is 10.0 Å². The van der Waals surface area contributed by atoms with Crippen molar-refractivity contribution in [2.45, 2.75) is 25.3 Å². The zero-order valence-electron chi connectivity index (χ0n) is 9.35. The Bertz CT molecular complexity index is 337. The number of carboxylic acid groups (broad SMARTS) is 1. The van der Waals surface area contributed by atoms with Crippen molar-refractivity contribution in [2.75, 3.05) is 25.9 Å². The minimum atomic E-state index is -3.44. The Kier molecular flexibility index (Phi) is 4.69. The summed E-state index contributed by atoms with van der Waals surface area (Å²) in [5, 5.41) is 8.37. The highest BCUT2D eigenvalue weighted by Gasteiger charge is 2.25. The van der Waals surface area contributed by atoms with Crippen LogP contribution in [0.1, 0.15) is 19.3 Å². The molecule has 1 aliphatic rings. The number of likely N-dealkylation sites (N-methyl/N-ethyl adjacent to an activating group) is 1. The number of nitrogens with one attached hydrogen (secondary N) is 1. The molecule has 0 unspecified atom stereocenters. The molecule has 1 rings (SSSR count). The van der Waals surface area contributed by atoms with Gasteiger partial charge in [-0.25, -0.2) is 13.1 Å². The second-order valence-corrected chi connectivity index (χ2v) is 6.00. The van der Waals surface area contributed by atoms with Gasteiger partial charge in [0.1, 0.15) is 0 Å². The SMILES string of the molecule is CN(CCNS(=O)(=O)CCC(=O)O)C1CC1. The van der Waals surface area contributed by atoms with E-state index in [-0.39, 0.29) is 12.2 Å². The first-order chi connectivity index (χ1) is 7.41. The number of hydrogen-bond donors (Lipinski definition) is 2. The Balaban J connectivity index is 2.16. The number of carboxylic acids is 1. The van der Waals surface area contributed by atoms with E-state index >= 15 is 0 Å². The van der Waals surface area contributed by atoms with Gasteiger partial charge in [0, 0.05) is 19.1 Å². The van der Waals surface area contributed by atoms with Crippen molar-refractivity contribution in [3.8, 4) is 0 Å². The molecule has 0 bridgehead atoms. The lowest BCUT2D eigenvalue weighted by atomic mass is 10.5. The van der Waals surface area contributed by atoms with E-state index in [9.17, 15) is 13.2 Å². The Labute approximate surface area is 95.7 Å². The lowest BCUT2D eigenvalue weighted by molar-refractivity contribution is -0.136. The van der Waals surface area contributed by atoms with Crippen molar-refractivity contribution in [3.63, 3.8) is 0 Å². The van der Waals surface area contributed by atoms with Gasteiger partial charge in [0.25, 0.3) is 0 Å². The van der Waals surface area contributed by atoms with Crippen LogP contribution in [0.4, 0.5) is 0 Å². The molecule has 1 aliphatic carbocycles. The van der Waals surface area contributed by atoms with E-state index < -0.39 is 16.0 Å². The molecule has 2 N–H and O–H groups in total. The van der Waals surface area contributed by atoms with Gasteiger partial charge in [0.15, 0.2) is 0 Å². The van der Waals surface area contributed by atoms with Crippen LogP contribution in [0.15, 0.2) is 0 Å². The largest absolute Gasteiger partial charge is 0.481 e. The molecule has 0 atom stereocenters. The monoisotopic (exact) mass is 250 g/mol. The number of carbonyl (C=O) groups is 1. The molecule has 0 amide bonds. The van der Waals surface area contributed by atoms with E-state index in [1.54, 1.807) is 0 Å². The summed E-state index contributed by atoms with van der Waals surface area (Å²) >= 11 is 0. The molecular weight excluding hydrogens is 232 g/mol. The molecule has 7 heteroatoms. The normalized spacial score (nSPS) is 16.6. The van der Waals surface area contributed by atoms with Crippen LogP contribution in [0.25, 0.3) is 0 Å². The van der Waals surface area contributed by atoms with Gasteiger partial charge in [-0.15, -0.1) is 0 Å². The summed E-state index contributed by atoms with van der Waals surface area (Å²) in [6.45, 7) is 1.01. The summed E-state index contributed by atoms with van der Waals surface area (Å²) in [7, 11) is -1.47. The maximum Gasteiger partial charge on any atom is 0.304 e. The van der Waals surface area contributed by atoms with Crippen LogP contribution in [-0.4, -0.2) is 56.3 Å². The van der Waals surface area contributed by atoms with Crippen LogP contribution in [0.3, 0.4) is 0 Å². The smallest absolute Gasteiger partial charge is 0.304 e. The standard InChI is InChI=1S/C9H18N2O4S/c1-11(8-2-3-8)6-5-10-16(14,15)7-4-9(12)13/h8,10H,2-7H2,1H3,(H,12,13). The zero-order chi connectivity index (χ0) is 12.2. The number of aliphatic carboxylic acids is 1. The third-order valence-corrected chi connectivity index (χ3v) is 3.93. The van der Waals surface area contributed by atoms with E-state index in [0.717, 1.165) is 0 Å². The van der Waals surface area contributed by atoms with Crippen LogP contribution in [0.5, 0.6) is 0 Å². The van der Waals surface area contributed by atoms with Crippen LogP contribution in [0.2, 0.25) is 0 Å². The van der Waals surface area contributed by atoms with E-state index in [1.165, 1.54) is 12.8 Å². The predicted octanol–water partition coefficient (Wildman–Crippen LogP) is -0.525. The van der Waals surface area contributed by atoms with E-state index in [2.05, 4.69) is 9.62 Å². The summed E-state index contributed by atoms with van der Waals surface area (Å²) in [4.78, 5) is 12.3. The van der Waals surface area contributed by atoms with Crippen molar-refractivity contribution in [2.24, 2.45) is 0 Å². The van der Waals surface area contributed by atoms with Crippen molar-refractivity contribution >= 4 is 16.0 Å². The van der Waals surface area contributed by atoms with E-state index in [4.69, 9.17) is 5.11 Å². The lowest BCUT2D eigenvalue weighted by Gasteiger charge is -2.15. The van der Waals surface area contributed by atoms with Crippen LogP contribution < -0.4 is 4.72 Å². The second-order valence-electron chi connectivity index (χ2n) is 4.07. The highest BCUT2D eigenvalue weighted by Crippen LogP contribution is 2.24. The minimum Gasteiger partial charge on any atom is -0.481 e. The Morgan fingerprint density at radius 1 is 1.50 bits per heavy atom. The lowest BCUT2D eigenvalue weighted by Crippen LogP contribution is -2.35. The van der Waals surface area contributed by atoms with Crippen molar-refractivity contribution in [1.82, 2.24) is 9.62 Å². The topological polar surface area (TPSA) is 86.7 Å². The van der Waals surface area contributed by atoms with Gasteiger partial charge in [-0.1, -0.05) is 0 Å². The Morgan fingerprint density at radius 3 is 2.62 bits per heavy atom. The summed E-state index contributed by atoms with van der Waals surface area (Å²) in [6, 6.07) is 0.600. The molecule has 0 aliphatic heterocycles. The molecule has 16 heavy (non-hydrogen) atoms. The molecule has 0 aromatic carbocycles. The fourth-order valence-electron chi connectivity index (χ4n) is 1.37. The maximum atomic E-state index is 11.3. The van der Waals surface area contributed by atoms with Crippen molar-refractivity contribution in [3.05, 3.63) is 0 Å². The van der Waals surface area contributed by atoms with E-state index in [1.807, 2.05) is 7.05 Å². The number of hydrogen-bond acceptors (Lipinski definition) is 4. The van der Waals surface area contributed by atoms with Gasteiger partial charge in [0.2, 0.25) is 10.0 Å². The maximum absolute atomic E-state index is 11.3. The van der Waals surface area contributed by atoms with Gasteiger partial charge in [-0.3, -0.25) is 4.79 Å². The fraction of sp³-hybridized carbons (Fsp3) is 0.889. The summed E-state index contributed by atoms with van der Waals surface area (Å²) < 4.78 is 25.0. The third-order valence-electron chi connectivity index (χ3n) is 2.54. The predicted molar refractivity (Wildman–Crippen MR) is 59.7 cm³/mol. The Morgan fingerprint density at radius 2 is 2.12 bits per heavy atom. The van der Waals surface area contributed by atoms with Crippen LogP contribution in [-0.2, 0) is 14.8 Å².